The molecular weight excluding hydrogens is 352 g/mol. The molecule has 142 valence electrons. The summed E-state index contributed by atoms with van der Waals surface area (Å²) in [6.45, 7) is 2.77. The van der Waals surface area contributed by atoms with Gasteiger partial charge in [-0.2, -0.15) is 0 Å². The van der Waals surface area contributed by atoms with Gasteiger partial charge < -0.3 is 5.11 Å². The number of ketones is 1. The number of carbonyl (C=O) groups is 1. The van der Waals surface area contributed by atoms with Crippen molar-refractivity contribution >= 4 is 22.8 Å². The molecule has 1 aromatic carbocycles. The van der Waals surface area contributed by atoms with Crippen molar-refractivity contribution in [2.45, 2.75) is 32.2 Å². The van der Waals surface area contributed by atoms with Crippen LogP contribution in [0.3, 0.4) is 0 Å². The summed E-state index contributed by atoms with van der Waals surface area (Å²) in [7, 11) is 2.03. The first kappa shape index (κ1) is 20.9. The molecule has 0 saturated carbocycles. The summed E-state index contributed by atoms with van der Waals surface area (Å²) < 4.78 is 0. The summed E-state index contributed by atoms with van der Waals surface area (Å²) in [6.07, 6.45) is 3.53. The highest BCUT2D eigenvalue weighted by molar-refractivity contribution is 5.81. The fourth-order valence-electron chi connectivity index (χ4n) is 2.56. The van der Waals surface area contributed by atoms with Gasteiger partial charge in [-0.05, 0) is 33.4 Å². The molecule has 0 radical (unpaired) electrons. The average Bonchev–Trinajstić information content (AvgIpc) is 2.55. The maximum Gasteiger partial charge on any atom is 0.324 e. The van der Waals surface area contributed by atoms with Crippen LogP contribution in [0, 0.1) is 30.3 Å². The van der Waals surface area contributed by atoms with Crippen molar-refractivity contribution < 1.29 is 24.7 Å². The molecule has 0 spiro atoms. The lowest BCUT2D eigenvalue weighted by molar-refractivity contribution is -0.404. The SMILES string of the molecule is CC(=O)C1CCCCN1C.O=[N+]([O-])c1cc([N+](=O)[O-])c(O)c([N+](=O)[O-])c1. The molecule has 1 aromatic rings. The van der Waals surface area contributed by atoms with E-state index in [1.165, 1.54) is 12.8 Å². The van der Waals surface area contributed by atoms with Crippen LogP contribution in [0.2, 0.25) is 0 Å². The highest BCUT2D eigenvalue weighted by Crippen LogP contribution is 2.38. The molecule has 1 aliphatic heterocycles. The molecule has 12 nitrogen and oxygen atoms in total. The van der Waals surface area contributed by atoms with Crippen LogP contribution in [0.1, 0.15) is 26.2 Å². The average molecular weight is 370 g/mol. The van der Waals surface area contributed by atoms with Gasteiger partial charge >= 0.3 is 11.4 Å². The Bertz CT molecular complexity index is 701. The summed E-state index contributed by atoms with van der Waals surface area (Å²) in [6, 6.07) is 1.11. The van der Waals surface area contributed by atoms with Crippen LogP contribution in [-0.4, -0.2) is 50.2 Å². The van der Waals surface area contributed by atoms with Gasteiger partial charge in [-0.15, -0.1) is 0 Å². The van der Waals surface area contributed by atoms with Gasteiger partial charge in [-0.1, -0.05) is 6.42 Å². The van der Waals surface area contributed by atoms with E-state index in [0.717, 1.165) is 13.0 Å². The first-order valence-electron chi connectivity index (χ1n) is 7.57. The van der Waals surface area contributed by atoms with Crippen LogP contribution in [0.15, 0.2) is 12.1 Å². The second-order valence-electron chi connectivity index (χ2n) is 5.71. The molecule has 1 N–H and O–H groups in total. The number of non-ortho nitro benzene ring substituents is 1. The molecule has 1 saturated heterocycles. The third-order valence-electron chi connectivity index (χ3n) is 3.90. The lowest BCUT2D eigenvalue weighted by Gasteiger charge is -2.30. The van der Waals surface area contributed by atoms with Crippen LogP contribution in [0.5, 0.6) is 5.75 Å². The highest BCUT2D eigenvalue weighted by Gasteiger charge is 2.30. The van der Waals surface area contributed by atoms with E-state index in [1.807, 2.05) is 7.05 Å². The number of nitrogens with zero attached hydrogens (tertiary/aromatic N) is 4. The Morgan fingerprint density at radius 3 is 1.88 bits per heavy atom. The number of nitro groups is 3. The minimum Gasteiger partial charge on any atom is -0.497 e. The molecule has 0 aromatic heterocycles. The second kappa shape index (κ2) is 8.80. The van der Waals surface area contributed by atoms with Gasteiger partial charge in [0.15, 0.2) is 0 Å². The summed E-state index contributed by atoms with van der Waals surface area (Å²) in [5, 5.41) is 40.2. The molecule has 1 heterocycles. The number of phenolic OH excluding ortho intramolecular Hbond substituents is 1. The Morgan fingerprint density at radius 2 is 1.58 bits per heavy atom. The molecule has 0 amide bonds. The number of nitro benzene ring substituents is 3. The van der Waals surface area contributed by atoms with Gasteiger partial charge in [0.05, 0.1) is 32.9 Å². The normalized spacial score (nSPS) is 16.9. The molecule has 1 atom stereocenters. The quantitative estimate of drug-likeness (QED) is 0.616. The van der Waals surface area contributed by atoms with Gasteiger partial charge in [0, 0.05) is 0 Å². The van der Waals surface area contributed by atoms with E-state index < -0.39 is 37.6 Å². The van der Waals surface area contributed by atoms with Gasteiger partial charge in [-0.25, -0.2) is 0 Å². The Labute approximate surface area is 147 Å². The summed E-state index contributed by atoms with van der Waals surface area (Å²) in [5.41, 5.74) is -3.00. The molecule has 1 aliphatic rings. The first-order valence-corrected chi connectivity index (χ1v) is 7.57. The number of Topliss-reactive ketones (excluding diaryl/α,β-unsaturated/α-hetero) is 1. The maximum atomic E-state index is 11.0. The maximum absolute atomic E-state index is 11.0. The van der Waals surface area contributed by atoms with Crippen LogP contribution in [0.25, 0.3) is 0 Å². The summed E-state index contributed by atoms with van der Waals surface area (Å²) in [5.74, 6) is -0.886. The third-order valence-corrected chi connectivity index (χ3v) is 3.90. The zero-order valence-corrected chi connectivity index (χ0v) is 14.2. The lowest BCUT2D eigenvalue weighted by Crippen LogP contribution is -2.40. The number of likely N-dealkylation sites (tertiary alicyclic amines) is 1. The molecule has 12 heteroatoms. The lowest BCUT2D eigenvalue weighted by atomic mass is 10.0. The van der Waals surface area contributed by atoms with Gasteiger partial charge in [-0.3, -0.25) is 40.0 Å². The van der Waals surface area contributed by atoms with Crippen molar-refractivity contribution in [3.63, 3.8) is 0 Å². The first-order chi connectivity index (χ1) is 12.1. The van der Waals surface area contributed by atoms with Crippen LogP contribution >= 0.6 is 0 Å². The van der Waals surface area contributed by atoms with Crippen molar-refractivity contribution in [1.29, 1.82) is 0 Å². The monoisotopic (exact) mass is 370 g/mol. The number of hydrogen-bond acceptors (Lipinski definition) is 9. The van der Waals surface area contributed by atoms with Crippen LogP contribution < -0.4 is 0 Å². The van der Waals surface area contributed by atoms with E-state index in [4.69, 9.17) is 5.11 Å². The van der Waals surface area contributed by atoms with Gasteiger partial charge in [0.2, 0.25) is 0 Å². The molecule has 2 rings (SSSR count). The predicted molar refractivity (Wildman–Crippen MR) is 89.0 cm³/mol. The fraction of sp³-hybridized carbons (Fsp3) is 0.500. The van der Waals surface area contributed by atoms with Crippen molar-refractivity contribution in [2.24, 2.45) is 0 Å². The molecule has 0 aliphatic carbocycles. The number of aromatic hydroxyl groups is 1. The zero-order chi connectivity index (χ0) is 20.0. The van der Waals surface area contributed by atoms with E-state index in [-0.39, 0.29) is 6.04 Å². The van der Waals surface area contributed by atoms with E-state index in [1.54, 1.807) is 6.92 Å². The fourth-order valence-corrected chi connectivity index (χ4v) is 2.56. The molecule has 1 fully saturated rings. The minimum absolute atomic E-state index is 0.216. The van der Waals surface area contributed by atoms with E-state index in [2.05, 4.69) is 4.90 Å². The van der Waals surface area contributed by atoms with Gasteiger partial charge in [0.25, 0.3) is 11.4 Å². The largest absolute Gasteiger partial charge is 0.497 e. The third kappa shape index (κ3) is 5.17. The van der Waals surface area contributed by atoms with Crippen LogP contribution in [-0.2, 0) is 4.79 Å². The van der Waals surface area contributed by atoms with Crippen LogP contribution in [0.4, 0.5) is 17.1 Å². The number of benzene rings is 1. The number of piperidine rings is 1. The minimum atomic E-state index is -1.21. The van der Waals surface area contributed by atoms with Crippen molar-refractivity contribution in [1.82, 2.24) is 4.90 Å². The van der Waals surface area contributed by atoms with E-state index >= 15 is 0 Å². The summed E-state index contributed by atoms with van der Waals surface area (Å²) in [4.78, 5) is 40.9. The smallest absolute Gasteiger partial charge is 0.324 e. The Hall–Kier alpha value is -3.15. The van der Waals surface area contributed by atoms with Crippen molar-refractivity contribution in [3.05, 3.63) is 42.5 Å². The molecular formula is C14H18N4O8. The van der Waals surface area contributed by atoms with Crippen molar-refractivity contribution in [3.8, 4) is 5.75 Å². The number of rotatable bonds is 4. The highest BCUT2D eigenvalue weighted by atomic mass is 16.6. The van der Waals surface area contributed by atoms with E-state index in [0.29, 0.717) is 17.9 Å². The van der Waals surface area contributed by atoms with E-state index in [9.17, 15) is 35.1 Å². The van der Waals surface area contributed by atoms with Crippen molar-refractivity contribution in [2.75, 3.05) is 13.6 Å². The second-order valence-corrected chi connectivity index (χ2v) is 5.71. The summed E-state index contributed by atoms with van der Waals surface area (Å²) >= 11 is 0. The molecule has 1 unspecified atom stereocenters. The zero-order valence-electron chi connectivity index (χ0n) is 14.2. The Balaban J connectivity index is 0.000000289. The Kier molecular flexibility index (Phi) is 7.07. The Morgan fingerprint density at radius 1 is 1.08 bits per heavy atom. The van der Waals surface area contributed by atoms with Gasteiger partial charge in [0.1, 0.15) is 5.78 Å². The predicted octanol–water partition coefficient (Wildman–Crippen LogP) is 2.18. The molecule has 26 heavy (non-hydrogen) atoms. The standard InChI is InChI=1S/C8H15NO.C6H3N3O7/c1-7(10)8-5-3-4-6-9(8)2;10-6-4(8(13)14)1-3(7(11)12)2-5(6)9(15)16/h8H,3-6H2,1-2H3;1-2,10H. The number of carbonyl (C=O) groups excluding carboxylic acids is 1. The number of likely N-dealkylation sites (N-methyl/N-ethyl adjacent to an activating group) is 1. The topological polar surface area (TPSA) is 170 Å². The number of hydrogen-bond donors (Lipinski definition) is 1. The number of phenols is 1. The molecule has 0 bridgehead atoms.